The number of hydrogen-bond acceptors (Lipinski definition) is 5. The summed E-state index contributed by atoms with van der Waals surface area (Å²) in [5.74, 6) is 1.04. The average molecular weight is 190 g/mol. The van der Waals surface area contributed by atoms with E-state index in [-0.39, 0.29) is 0 Å². The Bertz CT molecular complexity index is 464. The van der Waals surface area contributed by atoms with Gasteiger partial charge in [0.05, 0.1) is 11.4 Å². The molecule has 0 aliphatic carbocycles. The molecule has 0 aliphatic heterocycles. The number of aromatic nitrogens is 3. The van der Waals surface area contributed by atoms with Crippen molar-refractivity contribution in [2.45, 2.75) is 13.8 Å². The second kappa shape index (κ2) is 3.10. The number of pyridine rings is 1. The van der Waals surface area contributed by atoms with E-state index in [0.29, 0.717) is 17.4 Å². The fourth-order valence-electron chi connectivity index (χ4n) is 1.09. The minimum atomic E-state index is 0.515. The van der Waals surface area contributed by atoms with Gasteiger partial charge in [-0.3, -0.25) is 4.98 Å². The number of nitrogens with zero attached hydrogens (tertiary/aromatic N) is 3. The van der Waals surface area contributed by atoms with Gasteiger partial charge < -0.3 is 10.3 Å². The highest BCUT2D eigenvalue weighted by Crippen LogP contribution is 2.18. The zero-order valence-corrected chi connectivity index (χ0v) is 7.98. The molecule has 5 heteroatoms. The van der Waals surface area contributed by atoms with E-state index in [2.05, 4.69) is 15.1 Å². The molecule has 0 saturated heterocycles. The van der Waals surface area contributed by atoms with Crippen molar-refractivity contribution in [3.63, 3.8) is 0 Å². The number of nitrogens with two attached hydrogens (primary N) is 1. The molecular formula is C9H10N4O. The van der Waals surface area contributed by atoms with Gasteiger partial charge in [0.1, 0.15) is 0 Å². The molecule has 0 bridgehead atoms. The summed E-state index contributed by atoms with van der Waals surface area (Å²) in [4.78, 5) is 8.20. The van der Waals surface area contributed by atoms with Crippen LogP contribution in [0.3, 0.4) is 0 Å². The molecule has 0 spiro atoms. The number of hydrogen-bond donors (Lipinski definition) is 1. The lowest BCUT2D eigenvalue weighted by molar-refractivity contribution is 0.394. The third-order valence-electron chi connectivity index (χ3n) is 1.91. The Kier molecular flexibility index (Phi) is 1.92. The molecule has 0 radical (unpaired) electrons. The van der Waals surface area contributed by atoms with Gasteiger partial charge in [-0.2, -0.15) is 4.98 Å². The molecule has 2 rings (SSSR count). The van der Waals surface area contributed by atoms with E-state index in [1.807, 2.05) is 6.92 Å². The van der Waals surface area contributed by atoms with E-state index in [1.54, 1.807) is 19.2 Å². The molecule has 2 aromatic rings. The van der Waals surface area contributed by atoms with Crippen molar-refractivity contribution in [1.29, 1.82) is 0 Å². The molecule has 2 aromatic heterocycles. The normalized spacial score (nSPS) is 10.4. The molecule has 5 nitrogen and oxygen atoms in total. The summed E-state index contributed by atoms with van der Waals surface area (Å²) in [5.41, 5.74) is 7.91. The molecule has 0 amide bonds. The van der Waals surface area contributed by atoms with Gasteiger partial charge in [0.15, 0.2) is 0 Å². The smallest absolute Gasteiger partial charge is 0.223 e. The van der Waals surface area contributed by atoms with Crippen LogP contribution in [0.25, 0.3) is 11.4 Å². The van der Waals surface area contributed by atoms with E-state index in [4.69, 9.17) is 10.3 Å². The maximum atomic E-state index is 5.72. The summed E-state index contributed by atoms with van der Waals surface area (Å²) in [6, 6.07) is 1.78. The van der Waals surface area contributed by atoms with E-state index in [9.17, 15) is 0 Å². The first-order valence-electron chi connectivity index (χ1n) is 4.19. The maximum Gasteiger partial charge on any atom is 0.223 e. The topological polar surface area (TPSA) is 77.8 Å². The molecule has 0 aliphatic rings. The summed E-state index contributed by atoms with van der Waals surface area (Å²) in [6.07, 6.45) is 1.68. The standard InChI is InChI=1S/C9H10N4O/c1-5-8(10)3-7(4-11-5)9-12-6(2)14-13-9/h3-4H,10H2,1-2H3. The molecule has 0 unspecified atom stereocenters. The Labute approximate surface area is 81.0 Å². The second-order valence-electron chi connectivity index (χ2n) is 3.04. The summed E-state index contributed by atoms with van der Waals surface area (Å²) in [6.45, 7) is 3.59. The quantitative estimate of drug-likeness (QED) is 0.733. The Balaban J connectivity index is 2.47. The first-order valence-corrected chi connectivity index (χ1v) is 4.19. The van der Waals surface area contributed by atoms with Gasteiger partial charge in [-0.25, -0.2) is 0 Å². The second-order valence-corrected chi connectivity index (χ2v) is 3.04. The van der Waals surface area contributed by atoms with Crippen molar-refractivity contribution in [3.8, 4) is 11.4 Å². The van der Waals surface area contributed by atoms with E-state index in [0.717, 1.165) is 11.3 Å². The van der Waals surface area contributed by atoms with E-state index < -0.39 is 0 Å². The minimum Gasteiger partial charge on any atom is -0.397 e. The highest BCUT2D eigenvalue weighted by Gasteiger charge is 2.07. The Hall–Kier alpha value is -1.91. The number of aryl methyl sites for hydroxylation is 2. The molecule has 2 N–H and O–H groups in total. The van der Waals surface area contributed by atoms with E-state index in [1.165, 1.54) is 0 Å². The van der Waals surface area contributed by atoms with Crippen LogP contribution < -0.4 is 5.73 Å². The number of rotatable bonds is 1. The molecule has 14 heavy (non-hydrogen) atoms. The monoisotopic (exact) mass is 190 g/mol. The van der Waals surface area contributed by atoms with Crippen LogP contribution in [-0.4, -0.2) is 15.1 Å². The Morgan fingerprint density at radius 2 is 2.14 bits per heavy atom. The third kappa shape index (κ3) is 1.44. The molecular weight excluding hydrogens is 180 g/mol. The molecule has 0 atom stereocenters. The highest BCUT2D eigenvalue weighted by atomic mass is 16.5. The van der Waals surface area contributed by atoms with Crippen LogP contribution in [0.1, 0.15) is 11.6 Å². The first-order chi connectivity index (χ1) is 6.66. The minimum absolute atomic E-state index is 0.515. The summed E-state index contributed by atoms with van der Waals surface area (Å²) >= 11 is 0. The predicted octanol–water partition coefficient (Wildman–Crippen LogP) is 1.33. The van der Waals surface area contributed by atoms with Crippen molar-refractivity contribution < 1.29 is 4.52 Å². The largest absolute Gasteiger partial charge is 0.397 e. The average Bonchev–Trinajstić information content (AvgIpc) is 2.57. The van der Waals surface area contributed by atoms with Crippen molar-refractivity contribution in [2.24, 2.45) is 0 Å². The zero-order chi connectivity index (χ0) is 10.1. The van der Waals surface area contributed by atoms with Crippen molar-refractivity contribution in [3.05, 3.63) is 23.8 Å². The highest BCUT2D eigenvalue weighted by molar-refractivity contribution is 5.60. The molecule has 72 valence electrons. The lowest BCUT2D eigenvalue weighted by Gasteiger charge is -1.99. The fourth-order valence-corrected chi connectivity index (χ4v) is 1.09. The third-order valence-corrected chi connectivity index (χ3v) is 1.91. The van der Waals surface area contributed by atoms with Gasteiger partial charge in [0.2, 0.25) is 11.7 Å². The van der Waals surface area contributed by atoms with Gasteiger partial charge in [0.25, 0.3) is 0 Å². The van der Waals surface area contributed by atoms with Gasteiger partial charge in [-0.05, 0) is 13.0 Å². The van der Waals surface area contributed by atoms with Crippen molar-refractivity contribution >= 4 is 5.69 Å². The summed E-state index contributed by atoms with van der Waals surface area (Å²) in [5, 5.41) is 3.78. The first kappa shape index (κ1) is 8.68. The Morgan fingerprint density at radius 3 is 2.71 bits per heavy atom. The van der Waals surface area contributed by atoms with Gasteiger partial charge in [-0.1, -0.05) is 5.16 Å². The van der Waals surface area contributed by atoms with Crippen LogP contribution in [0.4, 0.5) is 5.69 Å². The zero-order valence-electron chi connectivity index (χ0n) is 7.98. The fraction of sp³-hybridized carbons (Fsp3) is 0.222. The van der Waals surface area contributed by atoms with E-state index >= 15 is 0 Å². The number of anilines is 1. The van der Waals surface area contributed by atoms with Gasteiger partial charge in [-0.15, -0.1) is 0 Å². The number of nitrogen functional groups attached to an aromatic ring is 1. The van der Waals surface area contributed by atoms with Crippen LogP contribution in [0, 0.1) is 13.8 Å². The molecule has 0 aromatic carbocycles. The SMILES string of the molecule is Cc1nc(-c2cnc(C)c(N)c2)no1. The van der Waals surface area contributed by atoms with Crippen LogP contribution in [0.15, 0.2) is 16.8 Å². The Morgan fingerprint density at radius 1 is 1.36 bits per heavy atom. The van der Waals surface area contributed by atoms with Crippen molar-refractivity contribution in [2.75, 3.05) is 5.73 Å². The van der Waals surface area contributed by atoms with Crippen LogP contribution in [0.5, 0.6) is 0 Å². The van der Waals surface area contributed by atoms with Gasteiger partial charge in [0, 0.05) is 18.7 Å². The lowest BCUT2D eigenvalue weighted by atomic mass is 10.2. The predicted molar refractivity (Wildman–Crippen MR) is 51.4 cm³/mol. The summed E-state index contributed by atoms with van der Waals surface area (Å²) in [7, 11) is 0. The van der Waals surface area contributed by atoms with Crippen LogP contribution >= 0.6 is 0 Å². The van der Waals surface area contributed by atoms with Crippen LogP contribution in [-0.2, 0) is 0 Å². The van der Waals surface area contributed by atoms with Crippen molar-refractivity contribution in [1.82, 2.24) is 15.1 Å². The summed E-state index contributed by atoms with van der Waals surface area (Å²) < 4.78 is 4.86. The van der Waals surface area contributed by atoms with Crippen LogP contribution in [0.2, 0.25) is 0 Å². The maximum absolute atomic E-state index is 5.72. The lowest BCUT2D eigenvalue weighted by Crippen LogP contribution is -1.94. The molecule has 2 heterocycles. The molecule has 0 fully saturated rings. The van der Waals surface area contributed by atoms with Gasteiger partial charge >= 0.3 is 0 Å². The molecule has 0 saturated carbocycles.